The molecule has 2 aromatic rings. The van der Waals surface area contributed by atoms with Gasteiger partial charge >= 0.3 is 6.09 Å². The average molecular weight is 428 g/mol. The first-order valence-corrected chi connectivity index (χ1v) is 10.9. The Kier molecular flexibility index (Phi) is 7.38. The second-order valence-electron chi connectivity index (χ2n) is 8.79. The fraction of sp³-hybridized carbons (Fsp3) is 0.500. The molecule has 1 saturated heterocycles. The van der Waals surface area contributed by atoms with Crippen LogP contribution in [0.15, 0.2) is 42.6 Å². The molecule has 1 aliphatic heterocycles. The van der Waals surface area contributed by atoms with E-state index in [9.17, 15) is 9.59 Å². The van der Waals surface area contributed by atoms with Gasteiger partial charge in [0.25, 0.3) is 5.91 Å². The number of rotatable bonds is 6. The Hall–Kier alpha value is -2.80. The molecule has 0 unspecified atom stereocenters. The zero-order chi connectivity index (χ0) is 22.4. The smallest absolute Gasteiger partial charge is 0.410 e. The molecule has 31 heavy (non-hydrogen) atoms. The molecule has 0 spiro atoms. The third-order valence-electron chi connectivity index (χ3n) is 5.18. The molecule has 7 heteroatoms. The summed E-state index contributed by atoms with van der Waals surface area (Å²) in [6.07, 6.45) is 3.22. The molecule has 0 atom stereocenters. The van der Waals surface area contributed by atoms with Crippen molar-refractivity contribution in [3.63, 3.8) is 0 Å². The summed E-state index contributed by atoms with van der Waals surface area (Å²) in [5.41, 5.74) is 1.88. The van der Waals surface area contributed by atoms with Crippen molar-refractivity contribution in [3.05, 3.63) is 53.9 Å². The molecular weight excluding hydrogens is 394 g/mol. The van der Waals surface area contributed by atoms with Gasteiger partial charge in [-0.15, -0.1) is 0 Å². The van der Waals surface area contributed by atoms with Gasteiger partial charge in [-0.05, 0) is 70.4 Å². The first-order chi connectivity index (χ1) is 14.8. The number of hydrogen-bond acceptors (Lipinski definition) is 4. The molecule has 0 radical (unpaired) electrons. The van der Waals surface area contributed by atoms with Crippen LogP contribution in [0.5, 0.6) is 0 Å². The summed E-state index contributed by atoms with van der Waals surface area (Å²) in [5.74, 6) is -0.145. The third-order valence-corrected chi connectivity index (χ3v) is 5.18. The Morgan fingerprint density at radius 1 is 1.13 bits per heavy atom. The molecule has 0 bridgehead atoms. The van der Waals surface area contributed by atoms with Gasteiger partial charge in [-0.1, -0.05) is 12.1 Å². The minimum atomic E-state index is -0.500. The minimum Gasteiger partial charge on any atom is -0.444 e. The van der Waals surface area contributed by atoms with E-state index in [0.29, 0.717) is 32.0 Å². The Morgan fingerprint density at radius 2 is 1.87 bits per heavy atom. The lowest BCUT2D eigenvalue weighted by atomic mass is 10.0. The van der Waals surface area contributed by atoms with E-state index in [1.807, 2.05) is 74.9 Å². The molecule has 1 N–H and O–H groups in total. The largest absolute Gasteiger partial charge is 0.444 e. The first kappa shape index (κ1) is 22.9. The lowest BCUT2D eigenvalue weighted by Gasteiger charge is -2.34. The van der Waals surface area contributed by atoms with Crippen molar-refractivity contribution in [3.8, 4) is 0 Å². The van der Waals surface area contributed by atoms with Gasteiger partial charge in [-0.25, -0.2) is 4.79 Å². The summed E-state index contributed by atoms with van der Waals surface area (Å²) in [6, 6.07) is 11.6. The van der Waals surface area contributed by atoms with Gasteiger partial charge in [-0.2, -0.15) is 0 Å². The van der Waals surface area contributed by atoms with E-state index in [0.717, 1.165) is 24.1 Å². The van der Waals surface area contributed by atoms with Crippen molar-refractivity contribution in [2.45, 2.75) is 58.8 Å². The number of anilines is 1. The molecule has 1 fully saturated rings. The first-order valence-electron chi connectivity index (χ1n) is 10.9. The molecule has 1 aliphatic rings. The standard InChI is InChI=1S/C24H33N3O4/c1-5-30-17-18-8-6-9-19(16-18)25-22(28)21-10-7-13-27(21)20-11-14-26(15-12-20)23(29)31-24(2,3)4/h6-10,13,16,20H,5,11-12,14-15,17H2,1-4H3,(H,25,28). The molecule has 1 aromatic heterocycles. The van der Waals surface area contributed by atoms with Crippen LogP contribution in [0, 0.1) is 0 Å². The third kappa shape index (κ3) is 6.34. The Morgan fingerprint density at radius 3 is 2.55 bits per heavy atom. The number of piperidine rings is 1. The quantitative estimate of drug-likeness (QED) is 0.715. The lowest BCUT2D eigenvalue weighted by Crippen LogP contribution is -2.42. The van der Waals surface area contributed by atoms with Gasteiger partial charge in [0.1, 0.15) is 11.3 Å². The van der Waals surface area contributed by atoms with Crippen molar-refractivity contribution >= 4 is 17.7 Å². The number of likely N-dealkylation sites (tertiary alicyclic amines) is 1. The van der Waals surface area contributed by atoms with Gasteiger partial charge in [0.2, 0.25) is 0 Å². The van der Waals surface area contributed by atoms with Crippen LogP contribution in [0.4, 0.5) is 10.5 Å². The number of carbonyl (C=O) groups is 2. The van der Waals surface area contributed by atoms with Gasteiger partial charge in [0.05, 0.1) is 6.61 Å². The highest BCUT2D eigenvalue weighted by atomic mass is 16.6. The molecule has 1 aromatic carbocycles. The number of nitrogens with zero attached hydrogens (tertiary/aromatic N) is 2. The Labute approximate surface area is 184 Å². The molecular formula is C24H33N3O4. The lowest BCUT2D eigenvalue weighted by molar-refractivity contribution is 0.0187. The topological polar surface area (TPSA) is 72.8 Å². The summed E-state index contributed by atoms with van der Waals surface area (Å²) >= 11 is 0. The number of nitrogens with one attached hydrogen (secondary N) is 1. The number of amides is 2. The molecule has 3 rings (SSSR count). The zero-order valence-corrected chi connectivity index (χ0v) is 18.9. The molecule has 0 saturated carbocycles. The van der Waals surface area contributed by atoms with Crippen LogP contribution in [0.3, 0.4) is 0 Å². The molecule has 2 amide bonds. The van der Waals surface area contributed by atoms with Gasteiger partial charge in [0, 0.05) is 37.6 Å². The zero-order valence-electron chi connectivity index (χ0n) is 18.9. The average Bonchev–Trinajstić information content (AvgIpc) is 3.21. The SMILES string of the molecule is CCOCc1cccc(NC(=O)c2cccn2C2CCN(C(=O)OC(C)(C)C)CC2)c1. The molecule has 2 heterocycles. The Balaban J connectivity index is 1.61. The maximum Gasteiger partial charge on any atom is 0.410 e. The predicted octanol–water partition coefficient (Wildman–Crippen LogP) is 4.85. The maximum atomic E-state index is 12.9. The predicted molar refractivity (Wildman–Crippen MR) is 120 cm³/mol. The second kappa shape index (κ2) is 10.0. The fourth-order valence-corrected chi connectivity index (χ4v) is 3.71. The normalized spacial score (nSPS) is 15.0. The number of aromatic nitrogens is 1. The second-order valence-corrected chi connectivity index (χ2v) is 8.79. The van der Waals surface area contributed by atoms with Crippen molar-refractivity contribution in [1.82, 2.24) is 9.47 Å². The number of carbonyl (C=O) groups excluding carboxylic acids is 2. The van der Waals surface area contributed by atoms with Crippen molar-refractivity contribution < 1.29 is 19.1 Å². The van der Waals surface area contributed by atoms with Crippen LogP contribution in [0.2, 0.25) is 0 Å². The Bertz CT molecular complexity index is 892. The highest BCUT2D eigenvalue weighted by molar-refractivity contribution is 6.03. The van der Waals surface area contributed by atoms with Gasteiger partial charge < -0.3 is 24.3 Å². The van der Waals surface area contributed by atoms with Crippen molar-refractivity contribution in [2.24, 2.45) is 0 Å². The molecule has 7 nitrogen and oxygen atoms in total. The maximum absolute atomic E-state index is 12.9. The summed E-state index contributed by atoms with van der Waals surface area (Å²) in [6.45, 7) is 9.96. The van der Waals surface area contributed by atoms with E-state index < -0.39 is 5.60 Å². The van der Waals surface area contributed by atoms with Crippen LogP contribution in [-0.4, -0.2) is 46.8 Å². The highest BCUT2D eigenvalue weighted by Gasteiger charge is 2.28. The van der Waals surface area contributed by atoms with Crippen LogP contribution in [0.25, 0.3) is 0 Å². The van der Waals surface area contributed by atoms with Crippen molar-refractivity contribution in [1.29, 1.82) is 0 Å². The highest BCUT2D eigenvalue weighted by Crippen LogP contribution is 2.26. The summed E-state index contributed by atoms with van der Waals surface area (Å²) < 4.78 is 12.9. The van der Waals surface area contributed by atoms with Crippen LogP contribution >= 0.6 is 0 Å². The number of ether oxygens (including phenoxy) is 2. The number of benzene rings is 1. The summed E-state index contributed by atoms with van der Waals surface area (Å²) in [7, 11) is 0. The van der Waals surface area contributed by atoms with Gasteiger partial charge in [0.15, 0.2) is 0 Å². The van der Waals surface area contributed by atoms with Crippen molar-refractivity contribution in [2.75, 3.05) is 25.0 Å². The summed E-state index contributed by atoms with van der Waals surface area (Å²) in [4.78, 5) is 27.0. The van der Waals surface area contributed by atoms with Crippen LogP contribution < -0.4 is 5.32 Å². The monoisotopic (exact) mass is 427 g/mol. The van der Waals surface area contributed by atoms with E-state index in [1.54, 1.807) is 4.90 Å². The fourth-order valence-electron chi connectivity index (χ4n) is 3.71. The number of hydrogen-bond donors (Lipinski definition) is 1. The molecule has 168 valence electrons. The molecule has 0 aliphatic carbocycles. The van der Waals surface area contributed by atoms with E-state index >= 15 is 0 Å². The summed E-state index contributed by atoms with van der Waals surface area (Å²) in [5, 5.41) is 2.99. The minimum absolute atomic E-state index is 0.145. The van der Waals surface area contributed by atoms with E-state index in [2.05, 4.69) is 5.32 Å². The van der Waals surface area contributed by atoms with Crippen LogP contribution in [-0.2, 0) is 16.1 Å². The van der Waals surface area contributed by atoms with Crippen LogP contribution in [0.1, 0.15) is 62.6 Å². The van der Waals surface area contributed by atoms with E-state index in [-0.39, 0.29) is 18.0 Å². The van der Waals surface area contributed by atoms with Gasteiger partial charge in [-0.3, -0.25) is 4.79 Å². The van der Waals surface area contributed by atoms with E-state index in [4.69, 9.17) is 9.47 Å². The van der Waals surface area contributed by atoms with E-state index in [1.165, 1.54) is 0 Å².